The van der Waals surface area contributed by atoms with Crippen LogP contribution >= 0.6 is 11.3 Å². The van der Waals surface area contributed by atoms with Crippen LogP contribution in [0.4, 0.5) is 5.95 Å². The van der Waals surface area contributed by atoms with E-state index in [1.165, 1.54) is 11.8 Å². The summed E-state index contributed by atoms with van der Waals surface area (Å²) >= 11 is 1.65. The lowest BCUT2D eigenvalue weighted by Crippen LogP contribution is -2.11. The molecule has 0 radical (unpaired) electrons. The number of anilines is 1. The number of esters is 1. The number of aromatic nitrogens is 2. The van der Waals surface area contributed by atoms with Crippen molar-refractivity contribution in [1.29, 1.82) is 0 Å². The van der Waals surface area contributed by atoms with Gasteiger partial charge in [-0.05, 0) is 36.2 Å². The Labute approximate surface area is 115 Å². The van der Waals surface area contributed by atoms with E-state index in [1.807, 2.05) is 11.4 Å². The Morgan fingerprint density at radius 3 is 3.00 bits per heavy atom. The molecule has 0 amide bonds. The van der Waals surface area contributed by atoms with Gasteiger partial charge in [-0.3, -0.25) is 0 Å². The third-order valence-corrected chi connectivity index (χ3v) is 3.24. The van der Waals surface area contributed by atoms with Crippen LogP contribution in [-0.2, 0) is 11.3 Å². The summed E-state index contributed by atoms with van der Waals surface area (Å²) in [6.07, 6.45) is 1.50. The number of carbonyl (C=O) groups is 1. The lowest BCUT2D eigenvalue weighted by molar-refractivity contribution is 0.0524. The molecule has 0 spiro atoms. The average Bonchev–Trinajstić information content (AvgIpc) is 2.89. The van der Waals surface area contributed by atoms with Gasteiger partial charge in [0, 0.05) is 12.7 Å². The van der Waals surface area contributed by atoms with Gasteiger partial charge in [0.2, 0.25) is 5.95 Å². The molecular weight excluding hydrogens is 262 g/mol. The van der Waals surface area contributed by atoms with E-state index in [9.17, 15) is 4.79 Å². The first-order valence-electron chi connectivity index (χ1n) is 5.96. The Kier molecular flexibility index (Phi) is 4.46. The molecule has 0 aliphatic carbocycles. The maximum Gasteiger partial charge on any atom is 0.341 e. The minimum Gasteiger partial charge on any atom is -0.462 e. The predicted octanol–water partition coefficient (Wildman–Crippen LogP) is 2.64. The van der Waals surface area contributed by atoms with E-state index in [-0.39, 0.29) is 5.97 Å². The van der Waals surface area contributed by atoms with E-state index in [0.29, 0.717) is 30.4 Å². The van der Waals surface area contributed by atoms with Gasteiger partial charge in [-0.25, -0.2) is 14.8 Å². The van der Waals surface area contributed by atoms with E-state index in [2.05, 4.69) is 20.7 Å². The zero-order chi connectivity index (χ0) is 13.7. The molecule has 2 aromatic heterocycles. The van der Waals surface area contributed by atoms with Gasteiger partial charge in [0.05, 0.1) is 17.9 Å². The minimum atomic E-state index is -0.385. The van der Waals surface area contributed by atoms with Crippen LogP contribution in [0.3, 0.4) is 0 Å². The number of rotatable bonds is 5. The maximum absolute atomic E-state index is 11.6. The molecule has 0 saturated carbocycles. The normalized spacial score (nSPS) is 10.2. The highest BCUT2D eigenvalue weighted by atomic mass is 32.1. The maximum atomic E-state index is 11.6. The molecule has 0 unspecified atom stereocenters. The SMILES string of the molecule is CCOC(=O)c1cnc(NCc2ccsc2)nc1C. The molecule has 1 N–H and O–H groups in total. The van der Waals surface area contributed by atoms with E-state index >= 15 is 0 Å². The molecule has 6 heteroatoms. The Morgan fingerprint density at radius 2 is 2.37 bits per heavy atom. The highest BCUT2D eigenvalue weighted by Crippen LogP contribution is 2.11. The van der Waals surface area contributed by atoms with Crippen LogP contribution in [0, 0.1) is 6.92 Å². The van der Waals surface area contributed by atoms with Crippen LogP contribution in [0.25, 0.3) is 0 Å². The largest absolute Gasteiger partial charge is 0.462 e. The predicted molar refractivity (Wildman–Crippen MR) is 74.4 cm³/mol. The zero-order valence-corrected chi connectivity index (χ0v) is 11.7. The van der Waals surface area contributed by atoms with Crippen LogP contribution in [-0.4, -0.2) is 22.5 Å². The summed E-state index contributed by atoms with van der Waals surface area (Å²) in [5.41, 5.74) is 2.20. The van der Waals surface area contributed by atoms with Gasteiger partial charge >= 0.3 is 5.97 Å². The Bertz CT molecular complexity index is 555. The van der Waals surface area contributed by atoms with Crippen molar-refractivity contribution in [3.05, 3.63) is 39.8 Å². The fourth-order valence-corrected chi connectivity index (χ4v) is 2.20. The number of hydrogen-bond donors (Lipinski definition) is 1. The monoisotopic (exact) mass is 277 g/mol. The first kappa shape index (κ1) is 13.5. The van der Waals surface area contributed by atoms with Gasteiger partial charge in [0.1, 0.15) is 0 Å². The average molecular weight is 277 g/mol. The van der Waals surface area contributed by atoms with Gasteiger partial charge in [0.15, 0.2) is 0 Å². The number of thiophene rings is 1. The van der Waals surface area contributed by atoms with Gasteiger partial charge in [-0.15, -0.1) is 0 Å². The van der Waals surface area contributed by atoms with Crippen molar-refractivity contribution in [3.63, 3.8) is 0 Å². The summed E-state index contributed by atoms with van der Waals surface area (Å²) in [4.78, 5) is 20.0. The van der Waals surface area contributed by atoms with Crippen molar-refractivity contribution in [2.45, 2.75) is 20.4 Å². The second kappa shape index (κ2) is 6.29. The van der Waals surface area contributed by atoms with Crippen molar-refractivity contribution < 1.29 is 9.53 Å². The fourth-order valence-electron chi connectivity index (χ4n) is 1.54. The molecule has 0 saturated heterocycles. The topological polar surface area (TPSA) is 64.1 Å². The van der Waals surface area contributed by atoms with Gasteiger partial charge < -0.3 is 10.1 Å². The first-order chi connectivity index (χ1) is 9.20. The minimum absolute atomic E-state index is 0.344. The molecule has 0 atom stereocenters. The number of hydrogen-bond acceptors (Lipinski definition) is 6. The number of carbonyl (C=O) groups excluding carboxylic acids is 1. The van der Waals surface area contributed by atoms with Gasteiger partial charge in [-0.2, -0.15) is 11.3 Å². The third-order valence-electron chi connectivity index (χ3n) is 2.51. The van der Waals surface area contributed by atoms with Crippen molar-refractivity contribution in [2.75, 3.05) is 11.9 Å². The molecule has 0 aromatic carbocycles. The van der Waals surface area contributed by atoms with E-state index in [1.54, 1.807) is 25.2 Å². The number of nitrogens with zero attached hydrogens (tertiary/aromatic N) is 2. The van der Waals surface area contributed by atoms with Crippen LogP contribution < -0.4 is 5.32 Å². The Morgan fingerprint density at radius 1 is 1.53 bits per heavy atom. The van der Waals surface area contributed by atoms with Gasteiger partial charge in [-0.1, -0.05) is 0 Å². The molecule has 2 heterocycles. The van der Waals surface area contributed by atoms with Crippen LogP contribution in [0.2, 0.25) is 0 Å². The van der Waals surface area contributed by atoms with Crippen molar-refractivity contribution in [2.24, 2.45) is 0 Å². The lowest BCUT2D eigenvalue weighted by Gasteiger charge is -2.07. The summed E-state index contributed by atoms with van der Waals surface area (Å²) < 4.78 is 4.93. The summed E-state index contributed by atoms with van der Waals surface area (Å²) in [7, 11) is 0. The molecule has 0 bridgehead atoms. The number of nitrogens with one attached hydrogen (secondary N) is 1. The van der Waals surface area contributed by atoms with E-state index in [4.69, 9.17) is 4.74 Å². The molecule has 0 aliphatic rings. The highest BCUT2D eigenvalue weighted by molar-refractivity contribution is 7.07. The Hall–Kier alpha value is -1.95. The van der Waals surface area contributed by atoms with Crippen molar-refractivity contribution >= 4 is 23.3 Å². The molecule has 19 heavy (non-hydrogen) atoms. The molecule has 0 aliphatic heterocycles. The zero-order valence-electron chi connectivity index (χ0n) is 10.8. The van der Waals surface area contributed by atoms with Crippen molar-refractivity contribution in [1.82, 2.24) is 9.97 Å². The molecular formula is C13H15N3O2S. The standard InChI is InChI=1S/C13H15N3O2S/c1-3-18-12(17)11-7-15-13(16-9(11)2)14-6-10-4-5-19-8-10/h4-5,7-8H,3,6H2,1-2H3,(H,14,15,16). The first-order valence-corrected chi connectivity index (χ1v) is 6.90. The second-order valence-electron chi connectivity index (χ2n) is 3.90. The van der Waals surface area contributed by atoms with Crippen LogP contribution in [0.15, 0.2) is 23.0 Å². The number of aryl methyl sites for hydroxylation is 1. The number of ether oxygens (including phenoxy) is 1. The molecule has 5 nitrogen and oxygen atoms in total. The summed E-state index contributed by atoms with van der Waals surface area (Å²) in [5.74, 6) is 0.126. The molecule has 2 rings (SSSR count). The summed E-state index contributed by atoms with van der Waals surface area (Å²) in [5, 5.41) is 7.20. The van der Waals surface area contributed by atoms with Crippen molar-refractivity contribution in [3.8, 4) is 0 Å². The molecule has 2 aromatic rings. The van der Waals surface area contributed by atoms with Gasteiger partial charge in [0.25, 0.3) is 0 Å². The lowest BCUT2D eigenvalue weighted by atomic mass is 10.2. The summed E-state index contributed by atoms with van der Waals surface area (Å²) in [6.45, 7) is 4.55. The quantitative estimate of drug-likeness (QED) is 0.851. The molecule has 0 fully saturated rings. The van der Waals surface area contributed by atoms with Crippen LogP contribution in [0.1, 0.15) is 28.5 Å². The van der Waals surface area contributed by atoms with Crippen LogP contribution in [0.5, 0.6) is 0 Å². The second-order valence-corrected chi connectivity index (χ2v) is 4.68. The Balaban J connectivity index is 2.04. The third kappa shape index (κ3) is 3.51. The smallest absolute Gasteiger partial charge is 0.341 e. The summed E-state index contributed by atoms with van der Waals surface area (Å²) in [6, 6.07) is 2.04. The molecule has 100 valence electrons. The fraction of sp³-hybridized carbons (Fsp3) is 0.308. The van der Waals surface area contributed by atoms with E-state index in [0.717, 1.165) is 0 Å². The van der Waals surface area contributed by atoms with E-state index < -0.39 is 0 Å². The highest BCUT2D eigenvalue weighted by Gasteiger charge is 2.12.